The summed E-state index contributed by atoms with van der Waals surface area (Å²) in [5, 5.41) is 0. The van der Waals surface area contributed by atoms with Gasteiger partial charge in [-0.1, -0.05) is 50.2 Å². The molecular formula is C26H34N2O4. The molecule has 6 heteroatoms. The zero-order valence-corrected chi connectivity index (χ0v) is 19.3. The highest BCUT2D eigenvalue weighted by Gasteiger charge is 2.32. The molecule has 1 amide bonds. The molecule has 172 valence electrons. The summed E-state index contributed by atoms with van der Waals surface area (Å²) in [5.74, 6) is 1.93. The van der Waals surface area contributed by atoms with Gasteiger partial charge in [-0.25, -0.2) is 0 Å². The molecule has 2 aromatic carbocycles. The molecule has 0 aromatic heterocycles. The van der Waals surface area contributed by atoms with Crippen molar-refractivity contribution in [2.24, 2.45) is 5.92 Å². The Bertz CT molecular complexity index is 902. The highest BCUT2D eigenvalue weighted by Crippen LogP contribution is 2.31. The molecular weight excluding hydrogens is 404 g/mol. The van der Waals surface area contributed by atoms with Gasteiger partial charge in [0.2, 0.25) is 0 Å². The third-order valence-electron chi connectivity index (χ3n) is 6.08. The Hall–Kier alpha value is -2.57. The number of hydrogen-bond donors (Lipinski definition) is 0. The van der Waals surface area contributed by atoms with Gasteiger partial charge in [0.1, 0.15) is 19.3 Å². The second kappa shape index (κ2) is 10.4. The topological polar surface area (TPSA) is 51.2 Å². The molecule has 2 aromatic rings. The molecule has 4 rings (SSSR count). The Kier molecular flexibility index (Phi) is 7.33. The average Bonchev–Trinajstić information content (AvgIpc) is 2.83. The molecule has 2 heterocycles. The molecule has 0 saturated carbocycles. The smallest absolute Gasteiger partial charge is 0.253 e. The van der Waals surface area contributed by atoms with Crippen molar-refractivity contribution in [1.29, 1.82) is 0 Å². The summed E-state index contributed by atoms with van der Waals surface area (Å²) in [6, 6.07) is 16.6. The third kappa shape index (κ3) is 5.43. The van der Waals surface area contributed by atoms with Gasteiger partial charge in [0, 0.05) is 32.2 Å². The summed E-state index contributed by atoms with van der Waals surface area (Å²) >= 11 is 0. The maximum atomic E-state index is 13.5. The summed E-state index contributed by atoms with van der Waals surface area (Å²) in [6.45, 7) is 10.8. The number of carbonyl (C=O) groups excluding carboxylic acids is 1. The van der Waals surface area contributed by atoms with Gasteiger partial charge < -0.3 is 19.1 Å². The third-order valence-corrected chi connectivity index (χ3v) is 6.08. The van der Waals surface area contributed by atoms with Gasteiger partial charge in [-0.3, -0.25) is 9.69 Å². The van der Waals surface area contributed by atoms with Crippen molar-refractivity contribution in [3.8, 4) is 11.5 Å². The first-order valence-electron chi connectivity index (χ1n) is 11.6. The Morgan fingerprint density at radius 3 is 2.53 bits per heavy atom. The van der Waals surface area contributed by atoms with Gasteiger partial charge in [-0.15, -0.1) is 0 Å². The van der Waals surface area contributed by atoms with Crippen molar-refractivity contribution >= 4 is 5.91 Å². The maximum absolute atomic E-state index is 13.5. The second-order valence-electron chi connectivity index (χ2n) is 9.03. The van der Waals surface area contributed by atoms with Crippen molar-refractivity contribution in [3.05, 3.63) is 59.7 Å². The molecule has 2 aliphatic heterocycles. The van der Waals surface area contributed by atoms with Crippen LogP contribution in [0.25, 0.3) is 0 Å². The van der Waals surface area contributed by atoms with Crippen LogP contribution in [0.4, 0.5) is 0 Å². The number of nitrogens with zero attached hydrogens (tertiary/aromatic N) is 2. The van der Waals surface area contributed by atoms with Crippen molar-refractivity contribution in [2.45, 2.75) is 39.5 Å². The van der Waals surface area contributed by atoms with Crippen LogP contribution in [0.15, 0.2) is 48.5 Å². The minimum Gasteiger partial charge on any atom is -0.486 e. The SMILES string of the molecule is CC(C)CN(Cc1ccc2c(c1)OCCO2)C(=O)C1CN(C(C)c2ccccc2)CCO1. The number of fused-ring (bicyclic) bond motifs is 1. The van der Waals surface area contributed by atoms with E-state index >= 15 is 0 Å². The number of morpholine rings is 1. The summed E-state index contributed by atoms with van der Waals surface area (Å²) in [5.41, 5.74) is 2.30. The Labute approximate surface area is 191 Å². The van der Waals surface area contributed by atoms with Crippen LogP contribution in [0.2, 0.25) is 0 Å². The zero-order valence-electron chi connectivity index (χ0n) is 19.3. The molecule has 1 fully saturated rings. The van der Waals surface area contributed by atoms with Crippen molar-refractivity contribution < 1.29 is 19.0 Å². The fraction of sp³-hybridized carbons (Fsp3) is 0.500. The summed E-state index contributed by atoms with van der Waals surface area (Å²) < 4.78 is 17.3. The van der Waals surface area contributed by atoms with E-state index in [4.69, 9.17) is 14.2 Å². The molecule has 0 bridgehead atoms. The summed E-state index contributed by atoms with van der Waals surface area (Å²) in [6.07, 6.45) is -0.453. The summed E-state index contributed by atoms with van der Waals surface area (Å²) in [7, 11) is 0. The lowest BCUT2D eigenvalue weighted by atomic mass is 10.1. The number of benzene rings is 2. The van der Waals surface area contributed by atoms with Crippen LogP contribution in [0.3, 0.4) is 0 Å². The zero-order chi connectivity index (χ0) is 22.5. The van der Waals surface area contributed by atoms with Gasteiger partial charge in [0.15, 0.2) is 11.5 Å². The number of hydrogen-bond acceptors (Lipinski definition) is 5. The van der Waals surface area contributed by atoms with E-state index in [9.17, 15) is 4.79 Å². The Balaban J connectivity index is 1.46. The van der Waals surface area contributed by atoms with Gasteiger partial charge in [-0.05, 0) is 36.1 Å². The van der Waals surface area contributed by atoms with Crippen LogP contribution in [0.5, 0.6) is 11.5 Å². The van der Waals surface area contributed by atoms with Crippen molar-refractivity contribution in [1.82, 2.24) is 9.80 Å². The van der Waals surface area contributed by atoms with Crippen LogP contribution in [-0.2, 0) is 16.1 Å². The molecule has 0 spiro atoms. The van der Waals surface area contributed by atoms with Crippen LogP contribution in [0, 0.1) is 5.92 Å². The Morgan fingerprint density at radius 2 is 1.78 bits per heavy atom. The molecule has 2 aliphatic rings. The molecule has 0 radical (unpaired) electrons. The van der Waals surface area contributed by atoms with Crippen LogP contribution < -0.4 is 9.47 Å². The lowest BCUT2D eigenvalue weighted by Crippen LogP contribution is -2.51. The monoisotopic (exact) mass is 438 g/mol. The van der Waals surface area contributed by atoms with Gasteiger partial charge in [0.05, 0.1) is 6.61 Å². The molecule has 0 aliphatic carbocycles. The predicted octanol–water partition coefficient (Wildman–Crippen LogP) is 3.90. The van der Waals surface area contributed by atoms with Crippen LogP contribution in [-0.4, -0.2) is 61.3 Å². The first-order valence-corrected chi connectivity index (χ1v) is 11.6. The lowest BCUT2D eigenvalue weighted by molar-refractivity contribution is -0.151. The van der Waals surface area contributed by atoms with E-state index in [1.165, 1.54) is 5.56 Å². The minimum atomic E-state index is -0.453. The van der Waals surface area contributed by atoms with E-state index in [2.05, 4.69) is 49.9 Å². The highest BCUT2D eigenvalue weighted by molar-refractivity contribution is 5.81. The predicted molar refractivity (Wildman–Crippen MR) is 124 cm³/mol. The van der Waals surface area contributed by atoms with Crippen LogP contribution in [0.1, 0.15) is 37.9 Å². The van der Waals surface area contributed by atoms with Crippen molar-refractivity contribution in [3.63, 3.8) is 0 Å². The fourth-order valence-corrected chi connectivity index (χ4v) is 4.40. The molecule has 2 atom stereocenters. The second-order valence-corrected chi connectivity index (χ2v) is 9.03. The number of ether oxygens (including phenoxy) is 3. The standard InChI is InChI=1S/C26H34N2O4/c1-19(2)16-28(17-21-9-10-23-24(15-21)32-14-13-31-23)26(29)25-18-27(11-12-30-25)20(3)22-7-5-4-6-8-22/h4-10,15,19-20,25H,11-14,16-18H2,1-3H3. The molecule has 1 saturated heterocycles. The minimum absolute atomic E-state index is 0.0542. The first kappa shape index (κ1) is 22.6. The lowest BCUT2D eigenvalue weighted by Gasteiger charge is -2.38. The van der Waals surface area contributed by atoms with Crippen LogP contribution >= 0.6 is 0 Å². The molecule has 2 unspecified atom stereocenters. The summed E-state index contributed by atoms with van der Waals surface area (Å²) in [4.78, 5) is 17.8. The Morgan fingerprint density at radius 1 is 1.03 bits per heavy atom. The van der Waals surface area contributed by atoms with E-state index in [-0.39, 0.29) is 11.9 Å². The number of carbonyl (C=O) groups is 1. The average molecular weight is 439 g/mol. The van der Waals surface area contributed by atoms with E-state index < -0.39 is 6.10 Å². The quantitative estimate of drug-likeness (QED) is 0.656. The van der Waals surface area contributed by atoms with Gasteiger partial charge in [0.25, 0.3) is 5.91 Å². The molecule has 0 N–H and O–H groups in total. The largest absolute Gasteiger partial charge is 0.486 e. The molecule has 32 heavy (non-hydrogen) atoms. The first-order chi connectivity index (χ1) is 15.5. The number of rotatable bonds is 7. The normalized spacial score (nSPS) is 19.6. The van der Waals surface area contributed by atoms with E-state index in [0.717, 1.165) is 23.6 Å². The van der Waals surface area contributed by atoms with Crippen molar-refractivity contribution in [2.75, 3.05) is 39.5 Å². The van der Waals surface area contributed by atoms with E-state index in [0.29, 0.717) is 45.4 Å². The molecule has 6 nitrogen and oxygen atoms in total. The maximum Gasteiger partial charge on any atom is 0.253 e. The van der Waals surface area contributed by atoms with Gasteiger partial charge in [-0.2, -0.15) is 0 Å². The number of amides is 1. The fourth-order valence-electron chi connectivity index (χ4n) is 4.40. The van der Waals surface area contributed by atoms with E-state index in [1.807, 2.05) is 29.2 Å². The highest BCUT2D eigenvalue weighted by atomic mass is 16.6. The van der Waals surface area contributed by atoms with Gasteiger partial charge >= 0.3 is 0 Å². The van der Waals surface area contributed by atoms with E-state index in [1.54, 1.807) is 0 Å².